The third-order valence-electron chi connectivity index (χ3n) is 4.39. The fraction of sp³-hybridized carbons (Fsp3) is 0.409. The monoisotopic (exact) mass is 384 g/mol. The van der Waals surface area contributed by atoms with Crippen molar-refractivity contribution in [3.8, 4) is 11.5 Å². The number of rotatable bonds is 10. The van der Waals surface area contributed by atoms with Crippen molar-refractivity contribution in [3.05, 3.63) is 48.5 Å². The highest BCUT2D eigenvalue weighted by molar-refractivity contribution is 5.95. The van der Waals surface area contributed by atoms with Crippen LogP contribution in [0.25, 0.3) is 0 Å². The van der Waals surface area contributed by atoms with E-state index in [9.17, 15) is 4.79 Å². The van der Waals surface area contributed by atoms with Gasteiger partial charge in [0.1, 0.15) is 18.1 Å². The summed E-state index contributed by atoms with van der Waals surface area (Å²) < 4.78 is 17.0. The third-order valence-corrected chi connectivity index (χ3v) is 4.39. The second-order valence-corrected chi connectivity index (χ2v) is 6.72. The van der Waals surface area contributed by atoms with Crippen molar-refractivity contribution in [3.63, 3.8) is 0 Å². The highest BCUT2D eigenvalue weighted by Gasteiger charge is 2.17. The Hall–Kier alpha value is -2.73. The first-order valence-corrected chi connectivity index (χ1v) is 9.84. The Morgan fingerprint density at radius 1 is 1.14 bits per heavy atom. The molecule has 0 bridgehead atoms. The molecule has 0 spiro atoms. The third kappa shape index (κ3) is 6.16. The summed E-state index contributed by atoms with van der Waals surface area (Å²) in [4.78, 5) is 12.3. The number of nitrogens with one attached hydrogen (secondary N) is 2. The van der Waals surface area contributed by atoms with Crippen molar-refractivity contribution >= 4 is 17.3 Å². The maximum atomic E-state index is 12.3. The number of carbonyl (C=O) groups excluding carboxylic acids is 1. The Balaban J connectivity index is 1.47. The molecule has 150 valence electrons. The van der Waals surface area contributed by atoms with E-state index in [-0.39, 0.29) is 18.6 Å². The maximum Gasteiger partial charge on any atom is 0.243 e. The van der Waals surface area contributed by atoms with E-state index in [1.54, 1.807) is 0 Å². The summed E-state index contributed by atoms with van der Waals surface area (Å²) in [5.74, 6) is 1.34. The van der Waals surface area contributed by atoms with Crippen molar-refractivity contribution in [1.82, 2.24) is 0 Å². The van der Waals surface area contributed by atoms with Crippen LogP contribution in [0.15, 0.2) is 48.5 Å². The zero-order valence-electron chi connectivity index (χ0n) is 16.3. The van der Waals surface area contributed by atoms with Gasteiger partial charge in [-0.3, -0.25) is 4.79 Å². The van der Waals surface area contributed by atoms with Crippen LogP contribution in [0.1, 0.15) is 26.2 Å². The molecule has 3 rings (SSSR count). The van der Waals surface area contributed by atoms with Crippen molar-refractivity contribution < 1.29 is 19.0 Å². The molecule has 0 radical (unpaired) electrons. The summed E-state index contributed by atoms with van der Waals surface area (Å²) in [6, 6.07) is 15.0. The van der Waals surface area contributed by atoms with Crippen LogP contribution >= 0.6 is 0 Å². The molecule has 1 saturated heterocycles. The van der Waals surface area contributed by atoms with Gasteiger partial charge in [0.05, 0.1) is 24.9 Å². The number of benzene rings is 2. The van der Waals surface area contributed by atoms with Gasteiger partial charge in [0.15, 0.2) is 0 Å². The fourth-order valence-corrected chi connectivity index (χ4v) is 2.92. The van der Waals surface area contributed by atoms with Crippen LogP contribution in [0, 0.1) is 0 Å². The van der Waals surface area contributed by atoms with Crippen LogP contribution in [-0.2, 0) is 9.53 Å². The number of para-hydroxylation sites is 2. The molecule has 1 aliphatic rings. The molecule has 1 heterocycles. The van der Waals surface area contributed by atoms with Crippen LogP contribution in [0.4, 0.5) is 11.4 Å². The molecule has 1 aliphatic heterocycles. The molecule has 6 nitrogen and oxygen atoms in total. The summed E-state index contributed by atoms with van der Waals surface area (Å²) in [7, 11) is 0. The van der Waals surface area contributed by atoms with Gasteiger partial charge in [-0.2, -0.15) is 0 Å². The van der Waals surface area contributed by atoms with E-state index in [1.807, 2.05) is 48.5 Å². The molecule has 0 aliphatic carbocycles. The normalized spacial score (nSPS) is 15.8. The zero-order chi connectivity index (χ0) is 19.6. The molecule has 1 atom stereocenters. The largest absolute Gasteiger partial charge is 0.494 e. The van der Waals surface area contributed by atoms with Gasteiger partial charge in [0.25, 0.3) is 0 Å². The SMILES string of the molecule is CCCOc1ccc(NCC(=O)Nc2ccccc2OCC2CCCO2)cc1. The van der Waals surface area contributed by atoms with E-state index < -0.39 is 0 Å². The van der Waals surface area contributed by atoms with E-state index in [4.69, 9.17) is 14.2 Å². The standard InChI is InChI=1S/C22H28N2O4/c1-2-13-26-18-11-9-17(10-12-18)23-15-22(25)24-20-7-3-4-8-21(20)28-16-19-6-5-14-27-19/h3-4,7-12,19,23H,2,5-6,13-16H2,1H3,(H,24,25). The summed E-state index contributed by atoms with van der Waals surface area (Å²) in [6.07, 6.45) is 3.19. The summed E-state index contributed by atoms with van der Waals surface area (Å²) in [6.45, 7) is 4.22. The lowest BCUT2D eigenvalue weighted by Gasteiger charge is -2.15. The molecular formula is C22H28N2O4. The first kappa shape index (κ1) is 20.0. The Labute approximate surface area is 166 Å². The number of hydrogen-bond donors (Lipinski definition) is 2. The number of anilines is 2. The van der Waals surface area contributed by atoms with Gasteiger partial charge in [-0.25, -0.2) is 0 Å². The molecule has 1 unspecified atom stereocenters. The lowest BCUT2D eigenvalue weighted by Crippen LogP contribution is -2.22. The second-order valence-electron chi connectivity index (χ2n) is 6.72. The van der Waals surface area contributed by atoms with Crippen molar-refractivity contribution in [2.75, 3.05) is 37.0 Å². The van der Waals surface area contributed by atoms with E-state index >= 15 is 0 Å². The summed E-state index contributed by atoms with van der Waals surface area (Å²) in [5, 5.41) is 6.02. The highest BCUT2D eigenvalue weighted by Crippen LogP contribution is 2.25. The number of hydrogen-bond acceptors (Lipinski definition) is 5. The molecule has 2 N–H and O–H groups in total. The summed E-state index contributed by atoms with van der Waals surface area (Å²) in [5.41, 5.74) is 1.53. The molecule has 0 aromatic heterocycles. The van der Waals surface area contributed by atoms with E-state index in [0.717, 1.165) is 37.3 Å². The predicted octanol–water partition coefficient (Wildman–Crippen LogP) is 4.08. The molecule has 6 heteroatoms. The van der Waals surface area contributed by atoms with E-state index in [0.29, 0.717) is 24.7 Å². The van der Waals surface area contributed by atoms with Crippen LogP contribution in [0.3, 0.4) is 0 Å². The van der Waals surface area contributed by atoms with Crippen molar-refractivity contribution in [2.45, 2.75) is 32.3 Å². The van der Waals surface area contributed by atoms with Gasteiger partial charge in [-0.1, -0.05) is 19.1 Å². The number of amides is 1. The van der Waals surface area contributed by atoms with E-state index in [2.05, 4.69) is 17.6 Å². The van der Waals surface area contributed by atoms with Crippen LogP contribution in [0.2, 0.25) is 0 Å². The molecule has 1 fully saturated rings. The Bertz CT molecular complexity index is 742. The molecule has 2 aromatic carbocycles. The smallest absolute Gasteiger partial charge is 0.243 e. The molecular weight excluding hydrogens is 356 g/mol. The van der Waals surface area contributed by atoms with Gasteiger partial charge in [0, 0.05) is 12.3 Å². The van der Waals surface area contributed by atoms with Gasteiger partial charge in [-0.05, 0) is 55.7 Å². The Kier molecular flexibility index (Phi) is 7.55. The lowest BCUT2D eigenvalue weighted by atomic mass is 10.2. The topological polar surface area (TPSA) is 68.8 Å². The van der Waals surface area contributed by atoms with Gasteiger partial charge in [-0.15, -0.1) is 0 Å². The molecule has 0 saturated carbocycles. The van der Waals surface area contributed by atoms with Crippen LogP contribution in [0.5, 0.6) is 11.5 Å². The molecule has 2 aromatic rings. The molecule has 1 amide bonds. The van der Waals surface area contributed by atoms with Crippen molar-refractivity contribution in [1.29, 1.82) is 0 Å². The zero-order valence-corrected chi connectivity index (χ0v) is 16.3. The first-order valence-electron chi connectivity index (χ1n) is 9.84. The quantitative estimate of drug-likeness (QED) is 0.646. The second kappa shape index (κ2) is 10.6. The van der Waals surface area contributed by atoms with Gasteiger partial charge >= 0.3 is 0 Å². The lowest BCUT2D eigenvalue weighted by molar-refractivity contribution is -0.114. The predicted molar refractivity (Wildman–Crippen MR) is 110 cm³/mol. The average molecular weight is 384 g/mol. The Morgan fingerprint density at radius 3 is 2.71 bits per heavy atom. The minimum Gasteiger partial charge on any atom is -0.494 e. The van der Waals surface area contributed by atoms with Crippen LogP contribution in [-0.4, -0.2) is 38.4 Å². The minimum atomic E-state index is -0.139. The first-order chi connectivity index (χ1) is 13.7. The van der Waals surface area contributed by atoms with Crippen LogP contribution < -0.4 is 20.1 Å². The highest BCUT2D eigenvalue weighted by atomic mass is 16.5. The molecule has 28 heavy (non-hydrogen) atoms. The van der Waals surface area contributed by atoms with Gasteiger partial charge in [0.2, 0.25) is 5.91 Å². The summed E-state index contributed by atoms with van der Waals surface area (Å²) >= 11 is 0. The fourth-order valence-electron chi connectivity index (χ4n) is 2.92. The number of ether oxygens (including phenoxy) is 3. The maximum absolute atomic E-state index is 12.3. The Morgan fingerprint density at radius 2 is 1.96 bits per heavy atom. The average Bonchev–Trinajstić information content (AvgIpc) is 3.24. The van der Waals surface area contributed by atoms with E-state index in [1.165, 1.54) is 0 Å². The number of carbonyl (C=O) groups is 1. The minimum absolute atomic E-state index is 0.134. The van der Waals surface area contributed by atoms with Gasteiger partial charge < -0.3 is 24.8 Å². The van der Waals surface area contributed by atoms with Crippen molar-refractivity contribution in [2.24, 2.45) is 0 Å².